The number of amides is 1. The van der Waals surface area contributed by atoms with Crippen LogP contribution < -0.4 is 15.0 Å². The molecule has 2 aromatic rings. The number of hydroxylamine groups is 1. The van der Waals surface area contributed by atoms with Gasteiger partial charge in [-0.3, -0.25) is 10.0 Å². The highest BCUT2D eigenvalue weighted by molar-refractivity contribution is 7.89. The van der Waals surface area contributed by atoms with Crippen LogP contribution in [0.5, 0.6) is 11.5 Å². The van der Waals surface area contributed by atoms with E-state index in [9.17, 15) is 13.2 Å². The molecule has 27 heavy (non-hydrogen) atoms. The maximum atomic E-state index is 13.0. The second kappa shape index (κ2) is 7.55. The molecular formula is C18H20N2O6S. The van der Waals surface area contributed by atoms with Gasteiger partial charge in [-0.2, -0.15) is 4.31 Å². The number of nitrogens with zero attached hydrogens (tertiary/aromatic N) is 1. The Morgan fingerprint density at radius 1 is 1.26 bits per heavy atom. The zero-order valence-corrected chi connectivity index (χ0v) is 15.7. The number of carbonyl (C=O) groups is 1. The van der Waals surface area contributed by atoms with E-state index in [0.29, 0.717) is 17.1 Å². The number of ether oxygens (including phenoxy) is 2. The number of rotatable bonds is 4. The van der Waals surface area contributed by atoms with Gasteiger partial charge in [0.2, 0.25) is 10.0 Å². The molecule has 0 saturated heterocycles. The summed E-state index contributed by atoms with van der Waals surface area (Å²) in [7, 11) is -2.23. The number of fused-ring (bicyclic) bond motifs is 1. The molecule has 3 rings (SSSR count). The number of benzene rings is 2. The van der Waals surface area contributed by atoms with E-state index in [1.54, 1.807) is 30.6 Å². The molecule has 1 heterocycles. The summed E-state index contributed by atoms with van der Waals surface area (Å²) in [4.78, 5) is 11.8. The van der Waals surface area contributed by atoms with E-state index in [4.69, 9.17) is 14.7 Å². The number of methoxy groups -OCH3 is 1. The molecule has 1 amide bonds. The standard InChI is InChI=1S/C18H20N2O6S/c1-12-10-20(27(23,24)16-7-5-15(25-2)6-8-16)11-14-4-3-13(18(21)19-22)9-17(14)26-12/h3-9,12,22H,10-11H2,1-2H3,(H,19,21). The minimum Gasteiger partial charge on any atom is -0.497 e. The SMILES string of the molecule is COc1ccc(S(=O)(=O)N2Cc3ccc(C(=O)NO)cc3OC(C)C2)cc1. The van der Waals surface area contributed by atoms with E-state index in [-0.39, 0.29) is 23.5 Å². The highest BCUT2D eigenvalue weighted by Crippen LogP contribution is 2.30. The summed E-state index contributed by atoms with van der Waals surface area (Å²) in [5.74, 6) is 0.318. The van der Waals surface area contributed by atoms with E-state index in [1.165, 1.54) is 35.7 Å². The minimum atomic E-state index is -3.74. The van der Waals surface area contributed by atoms with Crippen molar-refractivity contribution in [3.8, 4) is 11.5 Å². The molecule has 1 aliphatic rings. The third kappa shape index (κ3) is 3.90. The number of nitrogens with one attached hydrogen (secondary N) is 1. The highest BCUT2D eigenvalue weighted by Gasteiger charge is 2.30. The molecule has 1 aliphatic heterocycles. The van der Waals surface area contributed by atoms with E-state index < -0.39 is 22.0 Å². The van der Waals surface area contributed by atoms with Crippen molar-refractivity contribution in [1.29, 1.82) is 0 Å². The van der Waals surface area contributed by atoms with Crippen molar-refractivity contribution >= 4 is 15.9 Å². The summed E-state index contributed by atoms with van der Waals surface area (Å²) in [5.41, 5.74) is 2.42. The lowest BCUT2D eigenvalue weighted by atomic mass is 10.1. The molecule has 144 valence electrons. The molecule has 0 fully saturated rings. The first-order valence-corrected chi connectivity index (χ1v) is 9.67. The lowest BCUT2D eigenvalue weighted by Gasteiger charge is -2.21. The van der Waals surface area contributed by atoms with Crippen molar-refractivity contribution in [3.63, 3.8) is 0 Å². The van der Waals surface area contributed by atoms with Crippen LogP contribution in [-0.4, -0.2) is 43.6 Å². The summed E-state index contributed by atoms with van der Waals surface area (Å²) in [5, 5.41) is 8.78. The normalized spacial score (nSPS) is 17.4. The van der Waals surface area contributed by atoms with Gasteiger partial charge in [0.15, 0.2) is 0 Å². The Labute approximate surface area is 157 Å². The van der Waals surface area contributed by atoms with Crippen molar-refractivity contribution < 1.29 is 27.9 Å². The quantitative estimate of drug-likeness (QED) is 0.607. The van der Waals surface area contributed by atoms with Crippen LogP contribution in [0.1, 0.15) is 22.8 Å². The number of hydrogen-bond donors (Lipinski definition) is 2. The van der Waals surface area contributed by atoms with Gasteiger partial charge in [0.1, 0.15) is 17.6 Å². The number of sulfonamides is 1. The van der Waals surface area contributed by atoms with Crippen LogP contribution in [0, 0.1) is 0 Å². The first-order chi connectivity index (χ1) is 12.8. The fourth-order valence-electron chi connectivity index (χ4n) is 2.88. The molecule has 0 bridgehead atoms. The summed E-state index contributed by atoms with van der Waals surface area (Å²) < 4.78 is 38.3. The fourth-order valence-corrected chi connectivity index (χ4v) is 4.37. The Bertz CT molecular complexity index is 943. The van der Waals surface area contributed by atoms with Gasteiger partial charge in [-0.15, -0.1) is 0 Å². The topological polar surface area (TPSA) is 105 Å². The van der Waals surface area contributed by atoms with Crippen molar-refractivity contribution in [2.75, 3.05) is 13.7 Å². The van der Waals surface area contributed by atoms with Crippen molar-refractivity contribution in [2.24, 2.45) is 0 Å². The predicted molar refractivity (Wildman–Crippen MR) is 96.4 cm³/mol. The fraction of sp³-hybridized carbons (Fsp3) is 0.278. The van der Waals surface area contributed by atoms with Crippen molar-refractivity contribution in [3.05, 3.63) is 53.6 Å². The molecule has 2 N–H and O–H groups in total. The summed E-state index contributed by atoms with van der Waals surface area (Å²) in [6.07, 6.45) is -0.424. The third-order valence-electron chi connectivity index (χ3n) is 4.26. The van der Waals surface area contributed by atoms with Gasteiger partial charge in [-0.05, 0) is 43.3 Å². The second-order valence-electron chi connectivity index (χ2n) is 6.16. The van der Waals surface area contributed by atoms with E-state index in [2.05, 4.69) is 0 Å². The average Bonchev–Trinajstić information content (AvgIpc) is 2.85. The van der Waals surface area contributed by atoms with Crippen LogP contribution in [-0.2, 0) is 16.6 Å². The van der Waals surface area contributed by atoms with Crippen LogP contribution in [0.15, 0.2) is 47.4 Å². The summed E-state index contributed by atoms with van der Waals surface area (Å²) in [6.45, 7) is 2.02. The Morgan fingerprint density at radius 3 is 2.59 bits per heavy atom. The van der Waals surface area contributed by atoms with E-state index in [0.717, 1.165) is 0 Å². The molecule has 2 aromatic carbocycles. The van der Waals surface area contributed by atoms with Crippen LogP contribution in [0.3, 0.4) is 0 Å². The Hall–Kier alpha value is -2.62. The summed E-state index contributed by atoms with van der Waals surface area (Å²) >= 11 is 0. The van der Waals surface area contributed by atoms with Crippen LogP contribution in [0.25, 0.3) is 0 Å². The zero-order valence-electron chi connectivity index (χ0n) is 14.9. The lowest BCUT2D eigenvalue weighted by Crippen LogP contribution is -2.36. The van der Waals surface area contributed by atoms with Gasteiger partial charge in [-0.25, -0.2) is 13.9 Å². The first-order valence-electron chi connectivity index (χ1n) is 8.23. The predicted octanol–water partition coefficient (Wildman–Crippen LogP) is 1.79. The molecule has 1 unspecified atom stereocenters. The molecular weight excluding hydrogens is 372 g/mol. The molecule has 8 nitrogen and oxygen atoms in total. The van der Waals surface area contributed by atoms with Gasteiger partial charge < -0.3 is 9.47 Å². The van der Waals surface area contributed by atoms with E-state index >= 15 is 0 Å². The maximum Gasteiger partial charge on any atom is 0.274 e. The molecule has 0 aromatic heterocycles. The van der Waals surface area contributed by atoms with Crippen LogP contribution >= 0.6 is 0 Å². The average molecular weight is 392 g/mol. The van der Waals surface area contributed by atoms with Gasteiger partial charge in [0.25, 0.3) is 5.91 Å². The van der Waals surface area contributed by atoms with Gasteiger partial charge in [0.05, 0.1) is 18.6 Å². The van der Waals surface area contributed by atoms with Crippen molar-refractivity contribution in [2.45, 2.75) is 24.5 Å². The van der Waals surface area contributed by atoms with Crippen molar-refractivity contribution in [1.82, 2.24) is 9.79 Å². The second-order valence-corrected chi connectivity index (χ2v) is 8.10. The zero-order chi connectivity index (χ0) is 19.6. The van der Waals surface area contributed by atoms with Crippen LogP contribution in [0.2, 0.25) is 0 Å². The largest absolute Gasteiger partial charge is 0.497 e. The molecule has 0 aliphatic carbocycles. The van der Waals surface area contributed by atoms with Gasteiger partial charge in [-0.1, -0.05) is 6.07 Å². The lowest BCUT2D eigenvalue weighted by molar-refractivity contribution is 0.0705. The Balaban J connectivity index is 1.94. The minimum absolute atomic E-state index is 0.106. The first kappa shape index (κ1) is 19.2. The third-order valence-corrected chi connectivity index (χ3v) is 6.09. The number of hydrogen-bond acceptors (Lipinski definition) is 6. The summed E-state index contributed by atoms with van der Waals surface area (Å²) in [6, 6.07) is 10.8. The van der Waals surface area contributed by atoms with Crippen LogP contribution in [0.4, 0.5) is 0 Å². The maximum absolute atomic E-state index is 13.0. The Kier molecular flexibility index (Phi) is 5.36. The Morgan fingerprint density at radius 2 is 1.96 bits per heavy atom. The molecule has 0 spiro atoms. The van der Waals surface area contributed by atoms with Gasteiger partial charge in [0, 0.05) is 17.7 Å². The number of carbonyl (C=O) groups excluding carboxylic acids is 1. The smallest absolute Gasteiger partial charge is 0.274 e. The molecule has 9 heteroatoms. The van der Waals surface area contributed by atoms with E-state index in [1.807, 2.05) is 0 Å². The molecule has 0 saturated carbocycles. The monoisotopic (exact) mass is 392 g/mol. The molecule has 0 radical (unpaired) electrons. The molecule has 1 atom stereocenters. The van der Waals surface area contributed by atoms with Gasteiger partial charge >= 0.3 is 0 Å². The highest BCUT2D eigenvalue weighted by atomic mass is 32.2.